The predicted molar refractivity (Wildman–Crippen MR) is 113 cm³/mol. The van der Waals surface area contributed by atoms with Gasteiger partial charge in [-0.3, -0.25) is 14.6 Å². The number of ether oxygens (including phenoxy) is 1. The predicted octanol–water partition coefficient (Wildman–Crippen LogP) is 3.79. The van der Waals surface area contributed by atoms with Gasteiger partial charge in [-0.25, -0.2) is 0 Å². The highest BCUT2D eigenvalue weighted by Gasteiger charge is 2.12. The largest absolute Gasteiger partial charge is 0.494 e. The molecule has 2 aromatic carbocycles. The Labute approximate surface area is 174 Å². The van der Waals surface area contributed by atoms with E-state index in [0.29, 0.717) is 41.1 Å². The molecule has 2 amide bonds. The lowest BCUT2D eigenvalue weighted by Gasteiger charge is -2.13. The van der Waals surface area contributed by atoms with E-state index in [0.717, 1.165) is 5.56 Å². The minimum atomic E-state index is -0.305. The van der Waals surface area contributed by atoms with Crippen LogP contribution in [0.1, 0.15) is 27.9 Å². The molecule has 2 N–H and O–H groups in total. The third-order valence-electron chi connectivity index (χ3n) is 4.38. The van der Waals surface area contributed by atoms with E-state index < -0.39 is 0 Å². The summed E-state index contributed by atoms with van der Waals surface area (Å²) in [5.74, 6) is -0.0220. The zero-order valence-corrected chi connectivity index (χ0v) is 16.4. The fourth-order valence-electron chi connectivity index (χ4n) is 2.79. The summed E-state index contributed by atoms with van der Waals surface area (Å²) in [5.41, 5.74) is 3.05. The molecule has 1 heterocycles. The number of rotatable bonds is 7. The van der Waals surface area contributed by atoms with Crippen LogP contribution in [0.5, 0.6) is 5.75 Å². The van der Waals surface area contributed by atoms with Crippen molar-refractivity contribution in [1.29, 1.82) is 5.26 Å². The fraction of sp³-hybridized carbons (Fsp3) is 0.130. The number of nitrogens with zero attached hydrogens (tertiary/aromatic N) is 2. The molecule has 150 valence electrons. The van der Waals surface area contributed by atoms with Crippen LogP contribution in [0.2, 0.25) is 0 Å². The first-order chi connectivity index (χ1) is 14.6. The molecule has 0 aliphatic heterocycles. The Morgan fingerprint density at radius 3 is 2.57 bits per heavy atom. The normalized spacial score (nSPS) is 10.0. The molecule has 0 bridgehead atoms. The Morgan fingerprint density at radius 2 is 1.90 bits per heavy atom. The van der Waals surface area contributed by atoms with Gasteiger partial charge in [0, 0.05) is 30.6 Å². The van der Waals surface area contributed by atoms with Crippen LogP contribution < -0.4 is 15.4 Å². The molecular formula is C23H20N4O3. The number of amides is 2. The van der Waals surface area contributed by atoms with Crippen LogP contribution in [-0.4, -0.2) is 23.9 Å². The van der Waals surface area contributed by atoms with Gasteiger partial charge in [-0.1, -0.05) is 12.1 Å². The van der Waals surface area contributed by atoms with Crippen LogP contribution >= 0.6 is 0 Å². The highest BCUT2D eigenvalue weighted by atomic mass is 16.5. The third-order valence-corrected chi connectivity index (χ3v) is 4.38. The van der Waals surface area contributed by atoms with Gasteiger partial charge in [0.1, 0.15) is 5.75 Å². The number of anilines is 2. The molecule has 0 aliphatic carbocycles. The summed E-state index contributed by atoms with van der Waals surface area (Å²) >= 11 is 0. The molecule has 0 saturated heterocycles. The van der Waals surface area contributed by atoms with E-state index >= 15 is 0 Å². The van der Waals surface area contributed by atoms with E-state index in [-0.39, 0.29) is 11.8 Å². The van der Waals surface area contributed by atoms with Crippen molar-refractivity contribution < 1.29 is 14.3 Å². The molecule has 0 unspecified atom stereocenters. The molecule has 0 saturated carbocycles. The van der Waals surface area contributed by atoms with E-state index in [1.807, 2.05) is 12.1 Å². The second-order valence-electron chi connectivity index (χ2n) is 6.47. The molecule has 0 spiro atoms. The first kappa shape index (κ1) is 20.6. The number of aromatic nitrogens is 1. The zero-order chi connectivity index (χ0) is 21.3. The van der Waals surface area contributed by atoms with E-state index in [4.69, 9.17) is 10.00 Å². The number of hydrogen-bond acceptors (Lipinski definition) is 5. The van der Waals surface area contributed by atoms with Crippen molar-refractivity contribution in [2.24, 2.45) is 0 Å². The first-order valence-electron chi connectivity index (χ1n) is 9.27. The number of nitrogens with one attached hydrogen (secondary N) is 2. The maximum absolute atomic E-state index is 12.3. The van der Waals surface area contributed by atoms with Gasteiger partial charge in [-0.15, -0.1) is 0 Å². The van der Waals surface area contributed by atoms with Crippen LogP contribution in [0.25, 0.3) is 0 Å². The molecule has 3 rings (SSSR count). The van der Waals surface area contributed by atoms with Crippen molar-refractivity contribution in [3.05, 3.63) is 83.7 Å². The van der Waals surface area contributed by atoms with Crippen molar-refractivity contribution in [2.75, 3.05) is 17.7 Å². The molecular weight excluding hydrogens is 380 g/mol. The van der Waals surface area contributed by atoms with E-state index in [1.165, 1.54) is 13.3 Å². The number of aryl methyl sites for hydroxylation is 1. The summed E-state index contributed by atoms with van der Waals surface area (Å²) < 4.78 is 5.35. The van der Waals surface area contributed by atoms with Crippen molar-refractivity contribution in [1.82, 2.24) is 4.98 Å². The highest BCUT2D eigenvalue weighted by Crippen LogP contribution is 2.28. The number of hydrogen-bond donors (Lipinski definition) is 2. The lowest BCUT2D eigenvalue weighted by Crippen LogP contribution is -2.14. The van der Waals surface area contributed by atoms with Crippen molar-refractivity contribution in [2.45, 2.75) is 12.8 Å². The van der Waals surface area contributed by atoms with Crippen LogP contribution in [0, 0.1) is 11.3 Å². The number of pyridine rings is 1. The topological polar surface area (TPSA) is 104 Å². The third kappa shape index (κ3) is 5.42. The van der Waals surface area contributed by atoms with Crippen LogP contribution in [0.3, 0.4) is 0 Å². The average Bonchev–Trinajstić information content (AvgIpc) is 2.79. The molecule has 0 fully saturated rings. The van der Waals surface area contributed by atoms with E-state index in [1.54, 1.807) is 48.7 Å². The van der Waals surface area contributed by atoms with Gasteiger partial charge < -0.3 is 15.4 Å². The molecule has 30 heavy (non-hydrogen) atoms. The van der Waals surface area contributed by atoms with Gasteiger partial charge in [0.25, 0.3) is 5.91 Å². The van der Waals surface area contributed by atoms with Crippen molar-refractivity contribution >= 4 is 23.2 Å². The van der Waals surface area contributed by atoms with Crippen LogP contribution in [0.15, 0.2) is 67.0 Å². The fourth-order valence-corrected chi connectivity index (χ4v) is 2.79. The van der Waals surface area contributed by atoms with Gasteiger partial charge in [0.05, 0.1) is 30.0 Å². The molecule has 7 nitrogen and oxygen atoms in total. The number of carbonyl (C=O) groups excluding carboxylic acids is 2. The van der Waals surface area contributed by atoms with E-state index in [9.17, 15) is 9.59 Å². The Balaban J connectivity index is 1.60. The number of benzene rings is 2. The monoisotopic (exact) mass is 400 g/mol. The zero-order valence-electron chi connectivity index (χ0n) is 16.4. The lowest BCUT2D eigenvalue weighted by molar-refractivity contribution is -0.116. The van der Waals surface area contributed by atoms with Gasteiger partial charge >= 0.3 is 0 Å². The Hall–Kier alpha value is -4.18. The second-order valence-corrected chi connectivity index (χ2v) is 6.47. The molecule has 7 heteroatoms. The number of carbonyl (C=O) groups is 2. The quantitative estimate of drug-likeness (QED) is 0.628. The standard InChI is InChI=1S/C23H20N4O3/c1-30-21-13-19(9-10-20(21)27-23(29)18-3-2-12-25-15-18)26-22(28)11-8-16-4-6-17(14-24)7-5-16/h2-7,9-10,12-13,15H,8,11H2,1H3,(H,26,28)(H,27,29). The van der Waals surface area contributed by atoms with E-state index in [2.05, 4.69) is 21.7 Å². The van der Waals surface area contributed by atoms with Gasteiger partial charge in [-0.05, 0) is 48.4 Å². The minimum absolute atomic E-state index is 0.145. The molecule has 3 aromatic rings. The summed E-state index contributed by atoms with van der Waals surface area (Å²) in [6.07, 6.45) is 3.93. The number of methoxy groups -OCH3 is 1. The SMILES string of the molecule is COc1cc(NC(=O)CCc2ccc(C#N)cc2)ccc1NC(=O)c1cccnc1. The maximum Gasteiger partial charge on any atom is 0.257 e. The minimum Gasteiger partial charge on any atom is -0.494 e. The van der Waals surface area contributed by atoms with Gasteiger partial charge in [0.2, 0.25) is 5.91 Å². The Kier molecular flexibility index (Phi) is 6.74. The smallest absolute Gasteiger partial charge is 0.257 e. The summed E-state index contributed by atoms with van der Waals surface area (Å²) in [6.45, 7) is 0. The molecule has 1 aromatic heterocycles. The van der Waals surface area contributed by atoms with Crippen molar-refractivity contribution in [3.8, 4) is 11.8 Å². The van der Waals surface area contributed by atoms with Crippen LogP contribution in [0.4, 0.5) is 11.4 Å². The lowest BCUT2D eigenvalue weighted by atomic mass is 10.1. The average molecular weight is 400 g/mol. The van der Waals surface area contributed by atoms with Gasteiger partial charge in [0.15, 0.2) is 0 Å². The Morgan fingerprint density at radius 1 is 1.10 bits per heavy atom. The molecule has 0 atom stereocenters. The summed E-state index contributed by atoms with van der Waals surface area (Å²) in [6, 6.07) is 17.6. The summed E-state index contributed by atoms with van der Waals surface area (Å²) in [7, 11) is 1.49. The number of nitriles is 1. The Bertz CT molecular complexity index is 1070. The highest BCUT2D eigenvalue weighted by molar-refractivity contribution is 6.05. The summed E-state index contributed by atoms with van der Waals surface area (Å²) in [5, 5.41) is 14.4. The first-order valence-corrected chi connectivity index (χ1v) is 9.27. The van der Waals surface area contributed by atoms with Gasteiger partial charge in [-0.2, -0.15) is 5.26 Å². The van der Waals surface area contributed by atoms with Crippen molar-refractivity contribution in [3.63, 3.8) is 0 Å². The maximum atomic E-state index is 12.3. The molecule has 0 radical (unpaired) electrons. The van der Waals surface area contributed by atoms with Crippen LogP contribution in [-0.2, 0) is 11.2 Å². The molecule has 0 aliphatic rings. The second kappa shape index (κ2) is 9.85. The summed E-state index contributed by atoms with van der Waals surface area (Å²) in [4.78, 5) is 28.5.